The molecule has 0 saturated heterocycles. The molecular weight excluding hydrogens is 375 g/mol. The zero-order valence-corrected chi connectivity index (χ0v) is 16.3. The number of halogens is 5. The molecule has 0 bridgehead atoms. The van der Waals surface area contributed by atoms with Crippen molar-refractivity contribution in [1.29, 1.82) is 0 Å². The van der Waals surface area contributed by atoms with Crippen molar-refractivity contribution in [3.05, 3.63) is 29.3 Å². The monoisotopic (exact) mass is 404 g/mol. The van der Waals surface area contributed by atoms with Crippen LogP contribution in [-0.2, 0) is 6.42 Å². The third kappa shape index (κ3) is 5.60. The van der Waals surface area contributed by atoms with Gasteiger partial charge >= 0.3 is 6.36 Å². The molecule has 0 amide bonds. The molecule has 2 fully saturated rings. The highest BCUT2D eigenvalue weighted by Crippen LogP contribution is 2.46. The Morgan fingerprint density at radius 3 is 1.93 bits per heavy atom. The Kier molecular flexibility index (Phi) is 6.87. The summed E-state index contributed by atoms with van der Waals surface area (Å²) in [6, 6.07) is 1.93. The van der Waals surface area contributed by atoms with Gasteiger partial charge in [-0.2, -0.15) is 0 Å². The second kappa shape index (κ2) is 9.00. The minimum Gasteiger partial charge on any atom is -0.399 e. The molecule has 3 rings (SSSR count). The Balaban J connectivity index is 1.53. The molecule has 2 saturated carbocycles. The van der Waals surface area contributed by atoms with Gasteiger partial charge in [0.25, 0.3) is 0 Å². The third-order valence-electron chi connectivity index (χ3n) is 6.64. The molecule has 0 N–H and O–H groups in total. The molecule has 0 aromatic heterocycles. The van der Waals surface area contributed by atoms with Crippen molar-refractivity contribution in [3.8, 4) is 5.75 Å². The summed E-state index contributed by atoms with van der Waals surface area (Å²) >= 11 is 0. The van der Waals surface area contributed by atoms with Gasteiger partial charge in [-0.15, -0.1) is 13.2 Å². The van der Waals surface area contributed by atoms with Gasteiger partial charge in [0, 0.05) is 0 Å². The van der Waals surface area contributed by atoms with Crippen LogP contribution in [-0.4, -0.2) is 6.36 Å². The first-order valence-corrected chi connectivity index (χ1v) is 10.5. The average Bonchev–Trinajstić information content (AvgIpc) is 2.62. The van der Waals surface area contributed by atoms with E-state index in [9.17, 15) is 22.0 Å². The second-order valence-electron chi connectivity index (χ2n) is 8.64. The van der Waals surface area contributed by atoms with E-state index in [2.05, 4.69) is 11.7 Å². The van der Waals surface area contributed by atoms with Gasteiger partial charge in [-0.3, -0.25) is 0 Å². The fourth-order valence-corrected chi connectivity index (χ4v) is 5.36. The van der Waals surface area contributed by atoms with E-state index < -0.39 is 23.7 Å². The van der Waals surface area contributed by atoms with Crippen LogP contribution in [0.4, 0.5) is 22.0 Å². The van der Waals surface area contributed by atoms with E-state index >= 15 is 0 Å². The van der Waals surface area contributed by atoms with Crippen LogP contribution in [0.5, 0.6) is 5.75 Å². The second-order valence-corrected chi connectivity index (χ2v) is 8.64. The Morgan fingerprint density at radius 2 is 1.43 bits per heavy atom. The Bertz CT molecular complexity index is 634. The minimum absolute atomic E-state index is 0.387. The first-order valence-electron chi connectivity index (χ1n) is 10.5. The lowest BCUT2D eigenvalue weighted by molar-refractivity contribution is -0.276. The summed E-state index contributed by atoms with van der Waals surface area (Å²) in [5.41, 5.74) is 0.387. The highest BCUT2D eigenvalue weighted by atomic mass is 19.4. The maximum absolute atomic E-state index is 13.9. The topological polar surface area (TPSA) is 9.23 Å². The molecule has 0 radical (unpaired) electrons. The van der Waals surface area contributed by atoms with E-state index in [0.717, 1.165) is 42.7 Å². The highest BCUT2D eigenvalue weighted by molar-refractivity contribution is 5.31. The molecule has 1 aromatic carbocycles. The fourth-order valence-electron chi connectivity index (χ4n) is 5.36. The molecule has 158 valence electrons. The maximum atomic E-state index is 13.9. The van der Waals surface area contributed by atoms with Crippen molar-refractivity contribution in [1.82, 2.24) is 0 Å². The molecule has 2 aliphatic carbocycles. The van der Waals surface area contributed by atoms with Gasteiger partial charge in [0.1, 0.15) is 0 Å². The molecule has 2 aliphatic rings. The van der Waals surface area contributed by atoms with E-state index in [0.29, 0.717) is 17.9 Å². The molecule has 0 heterocycles. The van der Waals surface area contributed by atoms with Crippen LogP contribution in [0.3, 0.4) is 0 Å². The first-order chi connectivity index (χ1) is 13.2. The van der Waals surface area contributed by atoms with Gasteiger partial charge in [-0.05, 0) is 79.9 Å². The van der Waals surface area contributed by atoms with Gasteiger partial charge in [0.05, 0.1) is 0 Å². The van der Waals surface area contributed by atoms with Gasteiger partial charge in [0.15, 0.2) is 11.6 Å². The number of benzene rings is 1. The molecule has 6 heteroatoms. The van der Waals surface area contributed by atoms with Crippen molar-refractivity contribution in [2.45, 2.75) is 77.5 Å². The minimum atomic E-state index is -5.11. The number of fused-ring (bicyclic) bond motifs is 1. The van der Waals surface area contributed by atoms with E-state index in [4.69, 9.17) is 0 Å². The smallest absolute Gasteiger partial charge is 0.399 e. The SMILES string of the molecule is CCCC1CCC2CC(CCc3cc(F)c(OC(F)(F)F)c(F)c3)CCC2C1. The Morgan fingerprint density at radius 1 is 0.893 bits per heavy atom. The van der Waals surface area contributed by atoms with Crippen LogP contribution < -0.4 is 4.74 Å². The summed E-state index contributed by atoms with van der Waals surface area (Å²) in [6.07, 6.45) is 6.27. The van der Waals surface area contributed by atoms with Crippen LogP contribution in [0.2, 0.25) is 0 Å². The number of rotatable bonds is 6. The maximum Gasteiger partial charge on any atom is 0.573 e. The summed E-state index contributed by atoms with van der Waals surface area (Å²) in [4.78, 5) is 0. The molecule has 28 heavy (non-hydrogen) atoms. The zero-order chi connectivity index (χ0) is 20.3. The summed E-state index contributed by atoms with van der Waals surface area (Å²) in [6.45, 7) is 2.25. The third-order valence-corrected chi connectivity index (χ3v) is 6.64. The van der Waals surface area contributed by atoms with E-state index in [-0.39, 0.29) is 0 Å². The van der Waals surface area contributed by atoms with Crippen molar-refractivity contribution in [2.75, 3.05) is 0 Å². The zero-order valence-electron chi connectivity index (χ0n) is 16.3. The number of hydrogen-bond acceptors (Lipinski definition) is 1. The summed E-state index contributed by atoms with van der Waals surface area (Å²) in [5.74, 6) is -0.971. The van der Waals surface area contributed by atoms with Gasteiger partial charge < -0.3 is 4.74 Å². The molecule has 4 atom stereocenters. The lowest BCUT2D eigenvalue weighted by Crippen LogP contribution is -2.31. The summed E-state index contributed by atoms with van der Waals surface area (Å²) in [5, 5.41) is 0. The van der Waals surface area contributed by atoms with Crippen LogP contribution in [0, 0.1) is 35.3 Å². The summed E-state index contributed by atoms with van der Waals surface area (Å²) in [7, 11) is 0. The molecule has 0 spiro atoms. The molecule has 0 aliphatic heterocycles. The lowest BCUT2D eigenvalue weighted by Gasteiger charge is -2.42. The van der Waals surface area contributed by atoms with Gasteiger partial charge in [-0.25, -0.2) is 8.78 Å². The van der Waals surface area contributed by atoms with Crippen molar-refractivity contribution < 1.29 is 26.7 Å². The van der Waals surface area contributed by atoms with Crippen molar-refractivity contribution >= 4 is 0 Å². The van der Waals surface area contributed by atoms with E-state index in [1.54, 1.807) is 0 Å². The number of alkyl halides is 3. The van der Waals surface area contributed by atoms with E-state index in [1.807, 2.05) is 0 Å². The Hall–Kier alpha value is -1.33. The van der Waals surface area contributed by atoms with Crippen molar-refractivity contribution in [3.63, 3.8) is 0 Å². The van der Waals surface area contributed by atoms with Gasteiger partial charge in [-0.1, -0.05) is 32.6 Å². The highest BCUT2D eigenvalue weighted by Gasteiger charge is 2.36. The first kappa shape index (κ1) is 21.4. The Labute approximate surface area is 163 Å². The molecule has 1 nitrogen and oxygen atoms in total. The normalized spacial score (nSPS) is 28.1. The largest absolute Gasteiger partial charge is 0.573 e. The predicted molar refractivity (Wildman–Crippen MR) is 97.9 cm³/mol. The average molecular weight is 404 g/mol. The van der Waals surface area contributed by atoms with Crippen LogP contribution in [0.1, 0.15) is 70.3 Å². The summed E-state index contributed by atoms with van der Waals surface area (Å²) < 4.78 is 67.9. The van der Waals surface area contributed by atoms with Crippen LogP contribution >= 0.6 is 0 Å². The standard InChI is InChI=1S/C22H29F5O/c1-2-3-14-6-8-18-11-15(7-9-17(18)10-14)4-5-16-12-19(23)21(20(24)13-16)28-22(25,26)27/h12-15,17-18H,2-11H2,1H3. The van der Waals surface area contributed by atoms with Crippen LogP contribution in [0.15, 0.2) is 12.1 Å². The number of hydrogen-bond donors (Lipinski definition) is 0. The molecule has 4 unspecified atom stereocenters. The molecule has 1 aromatic rings. The van der Waals surface area contributed by atoms with Crippen molar-refractivity contribution in [2.24, 2.45) is 23.7 Å². The molecular formula is C22H29F5O. The van der Waals surface area contributed by atoms with Crippen LogP contribution in [0.25, 0.3) is 0 Å². The number of ether oxygens (including phenoxy) is 1. The van der Waals surface area contributed by atoms with E-state index in [1.165, 1.54) is 44.9 Å². The predicted octanol–water partition coefficient (Wildman–Crippen LogP) is 7.43. The fraction of sp³-hybridized carbons (Fsp3) is 0.727. The quantitative estimate of drug-likeness (QED) is 0.448. The van der Waals surface area contributed by atoms with Gasteiger partial charge in [0.2, 0.25) is 5.75 Å². The lowest BCUT2D eigenvalue weighted by atomic mass is 9.63. The number of aryl methyl sites for hydroxylation is 1.